The van der Waals surface area contributed by atoms with Crippen LogP contribution in [-0.2, 0) is 6.54 Å². The summed E-state index contributed by atoms with van der Waals surface area (Å²) >= 11 is 6.45. The first-order chi connectivity index (χ1) is 10.0. The second kappa shape index (κ2) is 6.70. The smallest absolute Gasteiger partial charge is 0.283 e. The molecule has 0 bridgehead atoms. The van der Waals surface area contributed by atoms with Gasteiger partial charge in [-0.25, -0.2) is 0 Å². The van der Waals surface area contributed by atoms with Crippen molar-refractivity contribution in [3.05, 3.63) is 66.6 Å². The van der Waals surface area contributed by atoms with Crippen LogP contribution in [0.4, 0.5) is 11.4 Å². The van der Waals surface area contributed by atoms with Gasteiger partial charge < -0.3 is 5.32 Å². The zero-order chi connectivity index (χ0) is 15.4. The molecule has 0 unspecified atom stereocenters. The Labute approximate surface area is 138 Å². The van der Waals surface area contributed by atoms with Crippen molar-refractivity contribution in [3.8, 4) is 6.07 Å². The molecule has 2 aromatic carbocycles. The molecule has 0 aliphatic rings. The minimum atomic E-state index is -0.437. The van der Waals surface area contributed by atoms with Crippen LogP contribution in [0.15, 0.2) is 45.3 Å². The molecule has 21 heavy (non-hydrogen) atoms. The molecule has 0 heterocycles. The monoisotopic (exact) mass is 409 g/mol. The van der Waals surface area contributed by atoms with Crippen LogP contribution in [0.5, 0.6) is 0 Å². The molecule has 0 saturated carbocycles. The van der Waals surface area contributed by atoms with E-state index >= 15 is 0 Å². The second-order valence-electron chi connectivity index (χ2n) is 4.20. The van der Waals surface area contributed by atoms with Gasteiger partial charge in [0.1, 0.15) is 6.07 Å². The minimum absolute atomic E-state index is 0.0191. The molecule has 0 aliphatic heterocycles. The normalized spacial score (nSPS) is 9.95. The quantitative estimate of drug-likeness (QED) is 0.589. The van der Waals surface area contributed by atoms with Gasteiger partial charge in [0.25, 0.3) is 5.69 Å². The average molecular weight is 411 g/mol. The van der Waals surface area contributed by atoms with Gasteiger partial charge in [-0.05, 0) is 45.8 Å². The Morgan fingerprint density at radius 3 is 2.67 bits per heavy atom. The summed E-state index contributed by atoms with van der Waals surface area (Å²) in [6.07, 6.45) is 0. The fourth-order valence-corrected chi connectivity index (χ4v) is 2.52. The van der Waals surface area contributed by atoms with Crippen molar-refractivity contribution < 1.29 is 4.92 Å². The molecule has 2 rings (SSSR count). The molecular weight excluding hydrogens is 402 g/mol. The number of anilines is 1. The van der Waals surface area contributed by atoms with E-state index in [1.807, 2.05) is 6.07 Å². The minimum Gasteiger partial charge on any atom is -0.380 e. The van der Waals surface area contributed by atoms with Gasteiger partial charge in [0, 0.05) is 17.1 Å². The van der Waals surface area contributed by atoms with Crippen molar-refractivity contribution in [2.45, 2.75) is 6.54 Å². The lowest BCUT2D eigenvalue weighted by Crippen LogP contribution is -2.02. The van der Waals surface area contributed by atoms with Gasteiger partial charge in [0.15, 0.2) is 0 Å². The summed E-state index contributed by atoms with van der Waals surface area (Å²) in [6, 6.07) is 12.4. The third-order valence-electron chi connectivity index (χ3n) is 2.79. The molecule has 1 N–H and O–H groups in total. The fourth-order valence-electron chi connectivity index (χ4n) is 1.77. The van der Waals surface area contributed by atoms with Crippen LogP contribution in [0.1, 0.15) is 11.1 Å². The maximum atomic E-state index is 10.9. The van der Waals surface area contributed by atoms with Crippen molar-refractivity contribution in [1.82, 2.24) is 0 Å². The van der Waals surface area contributed by atoms with Crippen LogP contribution in [0.3, 0.4) is 0 Å². The topological polar surface area (TPSA) is 79.0 Å². The number of benzene rings is 2. The number of nitro groups is 1. The number of nitrogens with zero attached hydrogens (tertiary/aromatic N) is 2. The Bertz CT molecular complexity index is 741. The molecule has 7 heteroatoms. The highest BCUT2D eigenvalue weighted by atomic mass is 79.9. The highest BCUT2D eigenvalue weighted by molar-refractivity contribution is 9.10. The van der Waals surface area contributed by atoms with Crippen molar-refractivity contribution in [1.29, 1.82) is 5.26 Å². The Kier molecular flexibility index (Phi) is 4.94. The number of nitriles is 1. The standard InChI is InChI=1S/C14H9Br2N3O2/c15-11-2-4-13(10(6-11)7-17)18-8-9-1-3-12(16)14(5-9)19(20)21/h1-6,18H,8H2. The number of halogens is 2. The van der Waals surface area contributed by atoms with E-state index in [9.17, 15) is 10.1 Å². The van der Waals surface area contributed by atoms with Crippen molar-refractivity contribution >= 4 is 43.2 Å². The van der Waals surface area contributed by atoms with E-state index in [-0.39, 0.29) is 5.69 Å². The van der Waals surface area contributed by atoms with E-state index in [1.54, 1.807) is 24.3 Å². The lowest BCUT2D eigenvalue weighted by atomic mass is 10.1. The van der Waals surface area contributed by atoms with Crippen LogP contribution < -0.4 is 5.32 Å². The molecule has 2 aromatic rings. The van der Waals surface area contributed by atoms with E-state index in [4.69, 9.17) is 5.26 Å². The number of hydrogen-bond acceptors (Lipinski definition) is 4. The van der Waals surface area contributed by atoms with Gasteiger partial charge in [-0.15, -0.1) is 0 Å². The summed E-state index contributed by atoms with van der Waals surface area (Å²) in [5.74, 6) is 0. The maximum absolute atomic E-state index is 10.9. The van der Waals surface area contributed by atoms with Crippen molar-refractivity contribution in [2.24, 2.45) is 0 Å². The molecular formula is C14H9Br2N3O2. The zero-order valence-corrected chi connectivity index (χ0v) is 13.8. The van der Waals surface area contributed by atoms with E-state index < -0.39 is 4.92 Å². The van der Waals surface area contributed by atoms with Crippen LogP contribution in [0, 0.1) is 21.4 Å². The van der Waals surface area contributed by atoms with Gasteiger partial charge in [-0.2, -0.15) is 5.26 Å². The highest BCUT2D eigenvalue weighted by Crippen LogP contribution is 2.26. The summed E-state index contributed by atoms with van der Waals surface area (Å²) in [7, 11) is 0. The van der Waals surface area contributed by atoms with Gasteiger partial charge in [0.2, 0.25) is 0 Å². The first kappa shape index (κ1) is 15.5. The predicted molar refractivity (Wildman–Crippen MR) is 87.0 cm³/mol. The summed E-state index contributed by atoms with van der Waals surface area (Å²) in [6.45, 7) is 0.393. The molecule has 106 valence electrons. The molecule has 0 spiro atoms. The van der Waals surface area contributed by atoms with Crippen molar-refractivity contribution in [2.75, 3.05) is 5.32 Å². The third-order valence-corrected chi connectivity index (χ3v) is 3.96. The van der Waals surface area contributed by atoms with E-state index in [1.165, 1.54) is 6.07 Å². The van der Waals surface area contributed by atoms with E-state index in [2.05, 4.69) is 43.2 Å². The van der Waals surface area contributed by atoms with Crippen LogP contribution in [0.25, 0.3) is 0 Å². The van der Waals surface area contributed by atoms with E-state index in [0.717, 1.165) is 10.0 Å². The fraction of sp³-hybridized carbons (Fsp3) is 0.0714. The largest absolute Gasteiger partial charge is 0.380 e. The summed E-state index contributed by atoms with van der Waals surface area (Å²) in [5, 5.41) is 23.1. The number of nitro benzene ring substituents is 1. The number of hydrogen-bond donors (Lipinski definition) is 1. The average Bonchev–Trinajstić information content (AvgIpc) is 2.46. The van der Waals surface area contributed by atoms with Crippen molar-refractivity contribution in [3.63, 3.8) is 0 Å². The predicted octanol–water partition coefficient (Wildman–Crippen LogP) is 4.60. The zero-order valence-electron chi connectivity index (χ0n) is 10.6. The lowest BCUT2D eigenvalue weighted by molar-refractivity contribution is -0.385. The highest BCUT2D eigenvalue weighted by Gasteiger charge is 2.12. The number of nitrogens with one attached hydrogen (secondary N) is 1. The Morgan fingerprint density at radius 2 is 2.00 bits per heavy atom. The summed E-state index contributed by atoms with van der Waals surface area (Å²) in [4.78, 5) is 10.5. The molecule has 5 nitrogen and oxygen atoms in total. The van der Waals surface area contributed by atoms with Gasteiger partial charge in [-0.3, -0.25) is 10.1 Å². The van der Waals surface area contributed by atoms with Crippen LogP contribution in [-0.4, -0.2) is 4.92 Å². The Balaban J connectivity index is 2.19. The molecule has 0 aromatic heterocycles. The van der Waals surface area contributed by atoms with Crippen LogP contribution in [0.2, 0.25) is 0 Å². The van der Waals surface area contributed by atoms with Crippen LogP contribution >= 0.6 is 31.9 Å². The Hall–Kier alpha value is -1.91. The summed E-state index contributed by atoms with van der Waals surface area (Å²) in [5.41, 5.74) is 1.98. The molecule has 0 radical (unpaired) electrons. The summed E-state index contributed by atoms with van der Waals surface area (Å²) < 4.78 is 1.27. The molecule has 0 atom stereocenters. The van der Waals surface area contributed by atoms with Gasteiger partial charge >= 0.3 is 0 Å². The molecule has 0 aliphatic carbocycles. The van der Waals surface area contributed by atoms with Gasteiger partial charge in [0.05, 0.1) is 20.6 Å². The first-order valence-electron chi connectivity index (χ1n) is 5.87. The molecule has 0 fully saturated rings. The third kappa shape index (κ3) is 3.80. The molecule has 0 saturated heterocycles. The Morgan fingerprint density at radius 1 is 1.24 bits per heavy atom. The maximum Gasteiger partial charge on any atom is 0.283 e. The second-order valence-corrected chi connectivity index (χ2v) is 5.97. The first-order valence-corrected chi connectivity index (χ1v) is 7.46. The molecule has 0 amide bonds. The number of rotatable bonds is 4. The van der Waals surface area contributed by atoms with Gasteiger partial charge in [-0.1, -0.05) is 22.0 Å². The lowest BCUT2D eigenvalue weighted by Gasteiger charge is -2.09. The SMILES string of the molecule is N#Cc1cc(Br)ccc1NCc1ccc(Br)c([N+](=O)[O-])c1. The van der Waals surface area contributed by atoms with E-state index in [0.29, 0.717) is 22.3 Å².